The molecule has 1 unspecified atom stereocenters. The summed E-state index contributed by atoms with van der Waals surface area (Å²) in [5.41, 5.74) is 1.89. The summed E-state index contributed by atoms with van der Waals surface area (Å²) in [6.07, 6.45) is -0.422. The van der Waals surface area contributed by atoms with Gasteiger partial charge in [0.2, 0.25) is 11.0 Å². The van der Waals surface area contributed by atoms with Crippen LogP contribution in [0.15, 0.2) is 58.9 Å². The second kappa shape index (κ2) is 9.27. The van der Waals surface area contributed by atoms with Gasteiger partial charge >= 0.3 is 0 Å². The van der Waals surface area contributed by atoms with Crippen molar-refractivity contribution < 1.29 is 14.3 Å². The molecule has 2 aromatic carbocycles. The molecule has 9 heteroatoms. The molecular weight excluding hydrogens is 420 g/mol. The van der Waals surface area contributed by atoms with E-state index in [-0.39, 0.29) is 24.8 Å². The standard InChI is InChI=1S/C21H20N4O3S2/c1-14-19(27)25(16-9-5-6-10-17(16)28-14)12-11-18(26)22-20-23-24-21(30-20)29-13-15-7-3-2-4-8-15/h2-10,14H,11-13H2,1H3,(H,22,23,26). The average Bonchev–Trinajstić information content (AvgIpc) is 3.20. The largest absolute Gasteiger partial charge is 0.479 e. The van der Waals surface area contributed by atoms with Crippen LogP contribution < -0.4 is 15.0 Å². The van der Waals surface area contributed by atoms with Crippen LogP contribution >= 0.6 is 23.1 Å². The molecule has 0 fully saturated rings. The minimum atomic E-state index is -0.574. The van der Waals surface area contributed by atoms with E-state index in [2.05, 4.69) is 27.6 Å². The minimum Gasteiger partial charge on any atom is -0.479 e. The summed E-state index contributed by atoms with van der Waals surface area (Å²) >= 11 is 2.92. The van der Waals surface area contributed by atoms with Crippen molar-refractivity contribution in [3.05, 3.63) is 60.2 Å². The number of ether oxygens (including phenoxy) is 1. The van der Waals surface area contributed by atoms with Crippen LogP contribution in [-0.2, 0) is 15.3 Å². The molecule has 1 aromatic heterocycles. The highest BCUT2D eigenvalue weighted by atomic mass is 32.2. The summed E-state index contributed by atoms with van der Waals surface area (Å²) in [7, 11) is 0. The van der Waals surface area contributed by atoms with E-state index in [1.165, 1.54) is 16.9 Å². The van der Waals surface area contributed by atoms with Gasteiger partial charge in [-0.15, -0.1) is 10.2 Å². The first-order chi connectivity index (χ1) is 14.6. The summed E-state index contributed by atoms with van der Waals surface area (Å²) in [6.45, 7) is 1.98. The van der Waals surface area contributed by atoms with Crippen LogP contribution in [0.25, 0.3) is 0 Å². The number of carbonyl (C=O) groups excluding carboxylic acids is 2. The number of nitrogens with zero attached hydrogens (tertiary/aromatic N) is 3. The summed E-state index contributed by atoms with van der Waals surface area (Å²) < 4.78 is 6.42. The predicted molar refractivity (Wildman–Crippen MR) is 118 cm³/mol. The fraction of sp³-hybridized carbons (Fsp3) is 0.238. The molecule has 1 N–H and O–H groups in total. The van der Waals surface area contributed by atoms with Gasteiger partial charge in [0.1, 0.15) is 5.75 Å². The summed E-state index contributed by atoms with van der Waals surface area (Å²) in [4.78, 5) is 26.5. The van der Waals surface area contributed by atoms with Crippen molar-refractivity contribution in [1.82, 2.24) is 10.2 Å². The number of carbonyl (C=O) groups is 2. The van der Waals surface area contributed by atoms with Gasteiger partial charge in [-0.25, -0.2) is 0 Å². The SMILES string of the molecule is CC1Oc2ccccc2N(CCC(=O)Nc2nnc(SCc3ccccc3)s2)C1=O. The Hall–Kier alpha value is -2.91. The maximum atomic E-state index is 12.5. The van der Waals surface area contributed by atoms with Gasteiger partial charge in [0.05, 0.1) is 5.69 Å². The Morgan fingerprint density at radius 2 is 1.93 bits per heavy atom. The first-order valence-electron chi connectivity index (χ1n) is 9.47. The topological polar surface area (TPSA) is 84.4 Å². The Morgan fingerprint density at radius 1 is 1.17 bits per heavy atom. The molecule has 154 valence electrons. The van der Waals surface area contributed by atoms with Gasteiger partial charge in [0, 0.05) is 18.7 Å². The third-order valence-corrected chi connectivity index (χ3v) is 6.54. The summed E-state index contributed by atoms with van der Waals surface area (Å²) in [5, 5.41) is 11.4. The maximum absolute atomic E-state index is 12.5. The van der Waals surface area contributed by atoms with E-state index in [9.17, 15) is 9.59 Å². The number of amides is 2. The number of thioether (sulfide) groups is 1. The quantitative estimate of drug-likeness (QED) is 0.442. The maximum Gasteiger partial charge on any atom is 0.267 e. The molecule has 2 heterocycles. The van der Waals surface area contributed by atoms with Crippen molar-refractivity contribution in [3.63, 3.8) is 0 Å². The molecule has 7 nitrogen and oxygen atoms in total. The van der Waals surface area contributed by atoms with E-state index < -0.39 is 6.10 Å². The van der Waals surface area contributed by atoms with E-state index in [1.54, 1.807) is 23.6 Å². The third-order valence-electron chi connectivity index (χ3n) is 4.49. The third kappa shape index (κ3) is 4.80. The van der Waals surface area contributed by atoms with Gasteiger partial charge in [-0.05, 0) is 24.6 Å². The van der Waals surface area contributed by atoms with Gasteiger partial charge in [-0.2, -0.15) is 0 Å². The van der Waals surface area contributed by atoms with Crippen molar-refractivity contribution in [3.8, 4) is 5.75 Å². The number of anilines is 2. The lowest BCUT2D eigenvalue weighted by Gasteiger charge is -2.32. The summed E-state index contributed by atoms with van der Waals surface area (Å²) in [6, 6.07) is 17.4. The van der Waals surface area contributed by atoms with Crippen LogP contribution in [0, 0.1) is 0 Å². The highest BCUT2D eigenvalue weighted by Gasteiger charge is 2.31. The van der Waals surface area contributed by atoms with Crippen LogP contribution in [0.1, 0.15) is 18.9 Å². The van der Waals surface area contributed by atoms with Gasteiger partial charge in [0.15, 0.2) is 10.4 Å². The van der Waals surface area contributed by atoms with Crippen LogP contribution in [0.2, 0.25) is 0 Å². The fourth-order valence-electron chi connectivity index (χ4n) is 3.02. The zero-order chi connectivity index (χ0) is 20.9. The second-order valence-corrected chi connectivity index (χ2v) is 8.86. The lowest BCUT2D eigenvalue weighted by atomic mass is 10.1. The molecule has 0 spiro atoms. The lowest BCUT2D eigenvalue weighted by Crippen LogP contribution is -2.45. The molecule has 4 rings (SSSR count). The number of para-hydroxylation sites is 2. The first-order valence-corrected chi connectivity index (χ1v) is 11.3. The minimum absolute atomic E-state index is 0.152. The molecule has 2 amide bonds. The number of nitrogens with one attached hydrogen (secondary N) is 1. The monoisotopic (exact) mass is 440 g/mol. The Balaban J connectivity index is 1.31. The van der Waals surface area contributed by atoms with E-state index in [1.807, 2.05) is 42.5 Å². The Labute approximate surface area is 182 Å². The van der Waals surface area contributed by atoms with Gasteiger partial charge in [-0.1, -0.05) is 65.6 Å². The average molecular weight is 441 g/mol. The van der Waals surface area contributed by atoms with Crippen LogP contribution in [-0.4, -0.2) is 34.7 Å². The smallest absolute Gasteiger partial charge is 0.267 e. The van der Waals surface area contributed by atoms with Crippen molar-refractivity contribution in [2.45, 2.75) is 29.5 Å². The Morgan fingerprint density at radius 3 is 2.77 bits per heavy atom. The molecule has 30 heavy (non-hydrogen) atoms. The molecule has 0 radical (unpaired) electrons. The van der Waals surface area contributed by atoms with E-state index in [0.29, 0.717) is 16.6 Å². The number of rotatable bonds is 7. The van der Waals surface area contributed by atoms with E-state index in [4.69, 9.17) is 4.74 Å². The highest BCUT2D eigenvalue weighted by molar-refractivity contribution is 8.00. The number of hydrogen-bond acceptors (Lipinski definition) is 7. The number of benzene rings is 2. The van der Waals surface area contributed by atoms with E-state index in [0.717, 1.165) is 10.1 Å². The molecular formula is C21H20N4O3S2. The fourth-order valence-corrected chi connectivity index (χ4v) is 4.75. The number of fused-ring (bicyclic) bond motifs is 1. The van der Waals surface area contributed by atoms with Crippen LogP contribution in [0.4, 0.5) is 10.8 Å². The second-order valence-electron chi connectivity index (χ2n) is 6.66. The molecule has 0 aliphatic carbocycles. The zero-order valence-corrected chi connectivity index (χ0v) is 17.9. The molecule has 0 saturated carbocycles. The Kier molecular flexibility index (Phi) is 6.29. The molecule has 1 atom stereocenters. The van der Waals surface area contributed by atoms with E-state index >= 15 is 0 Å². The first kappa shape index (κ1) is 20.4. The van der Waals surface area contributed by atoms with Crippen molar-refractivity contribution in [1.29, 1.82) is 0 Å². The van der Waals surface area contributed by atoms with Crippen molar-refractivity contribution in [2.24, 2.45) is 0 Å². The van der Waals surface area contributed by atoms with Gasteiger partial charge in [0.25, 0.3) is 5.91 Å². The highest BCUT2D eigenvalue weighted by Crippen LogP contribution is 2.33. The molecule has 0 bridgehead atoms. The number of hydrogen-bond donors (Lipinski definition) is 1. The predicted octanol–water partition coefficient (Wildman–Crippen LogP) is 3.97. The van der Waals surface area contributed by atoms with Gasteiger partial charge < -0.3 is 15.0 Å². The molecule has 3 aromatic rings. The van der Waals surface area contributed by atoms with Crippen LogP contribution in [0.3, 0.4) is 0 Å². The van der Waals surface area contributed by atoms with Crippen molar-refractivity contribution >= 4 is 45.7 Å². The summed E-state index contributed by atoms with van der Waals surface area (Å²) in [5.74, 6) is 1.07. The Bertz CT molecular complexity index is 1040. The molecule has 1 aliphatic heterocycles. The number of aromatic nitrogens is 2. The normalized spacial score (nSPS) is 15.4. The van der Waals surface area contributed by atoms with Crippen molar-refractivity contribution in [2.75, 3.05) is 16.8 Å². The molecule has 1 aliphatic rings. The van der Waals surface area contributed by atoms with Crippen LogP contribution in [0.5, 0.6) is 5.75 Å². The van der Waals surface area contributed by atoms with Gasteiger partial charge in [-0.3, -0.25) is 9.59 Å². The molecule has 0 saturated heterocycles. The zero-order valence-electron chi connectivity index (χ0n) is 16.3. The lowest BCUT2D eigenvalue weighted by molar-refractivity contribution is -0.125.